The van der Waals surface area contributed by atoms with Crippen molar-refractivity contribution in [1.29, 1.82) is 0 Å². The average Bonchev–Trinajstić information content (AvgIpc) is 2.55. The number of nitrogens with zero attached hydrogens (tertiary/aromatic N) is 2. The Morgan fingerprint density at radius 1 is 1.32 bits per heavy atom. The molecule has 1 saturated heterocycles. The number of benzene rings is 1. The zero-order valence-corrected chi connectivity index (χ0v) is 13.9. The number of rotatable bonds is 6. The molecule has 0 unspecified atom stereocenters. The van der Waals surface area contributed by atoms with E-state index in [-0.39, 0.29) is 11.9 Å². The second-order valence-corrected chi connectivity index (χ2v) is 6.37. The van der Waals surface area contributed by atoms with Crippen molar-refractivity contribution in [3.05, 3.63) is 35.9 Å². The summed E-state index contributed by atoms with van der Waals surface area (Å²) in [5.74, 6) is 0.774. The van der Waals surface area contributed by atoms with Crippen molar-refractivity contribution >= 4 is 5.91 Å². The highest BCUT2D eigenvalue weighted by molar-refractivity contribution is 5.81. The molecule has 2 rings (SSSR count). The molecule has 1 aromatic rings. The molecule has 0 aliphatic carbocycles. The van der Waals surface area contributed by atoms with Gasteiger partial charge >= 0.3 is 0 Å². The van der Waals surface area contributed by atoms with Crippen LogP contribution in [0.5, 0.6) is 0 Å². The summed E-state index contributed by atoms with van der Waals surface area (Å²) in [5, 5.41) is 0. The van der Waals surface area contributed by atoms with Gasteiger partial charge in [-0.25, -0.2) is 0 Å². The Bertz CT molecular complexity index is 453. The fourth-order valence-electron chi connectivity index (χ4n) is 3.14. The van der Waals surface area contributed by atoms with Gasteiger partial charge < -0.3 is 10.6 Å². The molecule has 0 aromatic heterocycles. The minimum Gasteiger partial charge on any atom is -0.341 e. The monoisotopic (exact) mass is 303 g/mol. The smallest absolute Gasteiger partial charge is 0.239 e. The number of carbonyl (C=O) groups is 1. The first-order valence-electron chi connectivity index (χ1n) is 8.40. The number of hydrogen-bond donors (Lipinski definition) is 1. The van der Waals surface area contributed by atoms with Gasteiger partial charge in [0.1, 0.15) is 0 Å². The zero-order chi connectivity index (χ0) is 15.9. The van der Waals surface area contributed by atoms with E-state index >= 15 is 0 Å². The molecular weight excluding hydrogens is 274 g/mol. The molecule has 2 N–H and O–H groups in total. The van der Waals surface area contributed by atoms with Crippen molar-refractivity contribution in [3.63, 3.8) is 0 Å². The van der Waals surface area contributed by atoms with Crippen molar-refractivity contribution in [3.8, 4) is 0 Å². The van der Waals surface area contributed by atoms with Gasteiger partial charge in [-0.15, -0.1) is 0 Å². The van der Waals surface area contributed by atoms with Gasteiger partial charge in [-0.1, -0.05) is 37.3 Å². The minimum absolute atomic E-state index is 0.0927. The van der Waals surface area contributed by atoms with E-state index < -0.39 is 0 Å². The molecule has 0 radical (unpaired) electrons. The van der Waals surface area contributed by atoms with Crippen molar-refractivity contribution < 1.29 is 4.79 Å². The summed E-state index contributed by atoms with van der Waals surface area (Å²) in [6.07, 6.45) is 2.17. The van der Waals surface area contributed by atoms with E-state index in [4.69, 9.17) is 5.73 Å². The van der Waals surface area contributed by atoms with Gasteiger partial charge in [-0.05, 0) is 37.8 Å². The van der Waals surface area contributed by atoms with Gasteiger partial charge in [-0.2, -0.15) is 0 Å². The summed E-state index contributed by atoms with van der Waals surface area (Å²) in [4.78, 5) is 16.3. The zero-order valence-electron chi connectivity index (χ0n) is 13.9. The topological polar surface area (TPSA) is 49.6 Å². The molecule has 1 aliphatic rings. The Morgan fingerprint density at radius 2 is 1.95 bits per heavy atom. The normalized spacial score (nSPS) is 17.7. The molecule has 0 saturated carbocycles. The van der Waals surface area contributed by atoms with E-state index in [2.05, 4.69) is 42.2 Å². The third kappa shape index (κ3) is 4.82. The van der Waals surface area contributed by atoms with E-state index in [1.807, 2.05) is 4.90 Å². The lowest BCUT2D eigenvalue weighted by Crippen LogP contribution is -2.47. The molecule has 0 bridgehead atoms. The summed E-state index contributed by atoms with van der Waals surface area (Å²) < 4.78 is 0. The van der Waals surface area contributed by atoms with Crippen molar-refractivity contribution in [2.75, 3.05) is 26.2 Å². The van der Waals surface area contributed by atoms with E-state index in [1.54, 1.807) is 6.92 Å². The molecule has 22 heavy (non-hydrogen) atoms. The number of likely N-dealkylation sites (tertiary alicyclic amines) is 1. The Labute approximate surface area is 134 Å². The molecule has 1 aromatic carbocycles. The molecule has 4 nitrogen and oxygen atoms in total. The number of amides is 1. The van der Waals surface area contributed by atoms with Crippen LogP contribution < -0.4 is 5.73 Å². The standard InChI is InChI=1S/C18H29N3O/c1-3-20(13-16-7-5-4-6-8-16)14-17-9-11-21(12-10-17)18(22)15(2)19/h4-8,15,17H,3,9-14,19H2,1-2H3/t15-/m0/s1. The van der Waals surface area contributed by atoms with Crippen LogP contribution in [0.25, 0.3) is 0 Å². The highest BCUT2D eigenvalue weighted by Gasteiger charge is 2.25. The number of hydrogen-bond acceptors (Lipinski definition) is 3. The molecule has 1 fully saturated rings. The Hall–Kier alpha value is -1.39. The van der Waals surface area contributed by atoms with Crippen LogP contribution in [0, 0.1) is 5.92 Å². The highest BCUT2D eigenvalue weighted by atomic mass is 16.2. The summed E-state index contributed by atoms with van der Waals surface area (Å²) in [5.41, 5.74) is 7.06. The number of nitrogens with two attached hydrogens (primary N) is 1. The summed E-state index contributed by atoms with van der Waals surface area (Å²) >= 11 is 0. The van der Waals surface area contributed by atoms with Crippen molar-refractivity contribution in [2.45, 2.75) is 39.3 Å². The summed E-state index contributed by atoms with van der Waals surface area (Å²) in [6.45, 7) is 8.89. The van der Waals surface area contributed by atoms with Crippen LogP contribution in [0.3, 0.4) is 0 Å². The molecule has 122 valence electrons. The largest absolute Gasteiger partial charge is 0.341 e. The van der Waals surface area contributed by atoms with Gasteiger partial charge in [-0.3, -0.25) is 9.69 Å². The van der Waals surface area contributed by atoms with Gasteiger partial charge in [0.05, 0.1) is 6.04 Å². The molecule has 4 heteroatoms. The van der Waals surface area contributed by atoms with E-state index in [9.17, 15) is 4.79 Å². The lowest BCUT2D eigenvalue weighted by atomic mass is 9.95. The predicted octanol–water partition coefficient (Wildman–Crippen LogP) is 2.09. The van der Waals surface area contributed by atoms with Gasteiger partial charge in [0.25, 0.3) is 0 Å². The Morgan fingerprint density at radius 3 is 2.50 bits per heavy atom. The predicted molar refractivity (Wildman–Crippen MR) is 90.3 cm³/mol. The van der Waals surface area contributed by atoms with Crippen LogP contribution in [0.15, 0.2) is 30.3 Å². The first kappa shape index (κ1) is 17.0. The number of carbonyl (C=O) groups excluding carboxylic acids is 1. The Balaban J connectivity index is 1.80. The molecule has 1 aliphatic heterocycles. The molecule has 1 heterocycles. The highest BCUT2D eigenvalue weighted by Crippen LogP contribution is 2.20. The molecule has 1 atom stereocenters. The minimum atomic E-state index is -0.373. The van der Waals surface area contributed by atoms with Crippen LogP contribution >= 0.6 is 0 Å². The van der Waals surface area contributed by atoms with E-state index in [1.165, 1.54) is 5.56 Å². The lowest BCUT2D eigenvalue weighted by Gasteiger charge is -2.35. The van der Waals surface area contributed by atoms with E-state index in [0.717, 1.165) is 45.6 Å². The van der Waals surface area contributed by atoms with E-state index in [0.29, 0.717) is 5.92 Å². The maximum absolute atomic E-state index is 11.9. The second kappa shape index (κ2) is 8.30. The lowest BCUT2D eigenvalue weighted by molar-refractivity contribution is -0.133. The fourth-order valence-corrected chi connectivity index (χ4v) is 3.14. The molecule has 0 spiro atoms. The van der Waals surface area contributed by atoms with Crippen molar-refractivity contribution in [1.82, 2.24) is 9.80 Å². The first-order valence-corrected chi connectivity index (χ1v) is 8.40. The van der Waals surface area contributed by atoms with Gasteiger partial charge in [0.15, 0.2) is 0 Å². The maximum Gasteiger partial charge on any atom is 0.239 e. The first-order chi connectivity index (χ1) is 10.6. The fraction of sp³-hybridized carbons (Fsp3) is 0.611. The van der Waals surface area contributed by atoms with Gasteiger partial charge in [0.2, 0.25) is 5.91 Å². The van der Waals surface area contributed by atoms with Crippen LogP contribution in [0.4, 0.5) is 0 Å². The SMILES string of the molecule is CCN(Cc1ccccc1)CC1CCN(C(=O)[C@H](C)N)CC1. The van der Waals surface area contributed by atoms with Crippen molar-refractivity contribution in [2.24, 2.45) is 11.7 Å². The van der Waals surface area contributed by atoms with Crippen LogP contribution in [-0.2, 0) is 11.3 Å². The quantitative estimate of drug-likeness (QED) is 0.875. The molecule has 1 amide bonds. The van der Waals surface area contributed by atoms with Crippen LogP contribution in [0.2, 0.25) is 0 Å². The summed E-state index contributed by atoms with van der Waals surface area (Å²) in [7, 11) is 0. The average molecular weight is 303 g/mol. The maximum atomic E-state index is 11.9. The van der Waals surface area contributed by atoms with Gasteiger partial charge in [0, 0.05) is 26.2 Å². The third-order valence-corrected chi connectivity index (χ3v) is 4.53. The van der Waals surface area contributed by atoms with Crippen LogP contribution in [-0.4, -0.2) is 47.9 Å². The second-order valence-electron chi connectivity index (χ2n) is 6.37. The van der Waals surface area contributed by atoms with Crippen LogP contribution in [0.1, 0.15) is 32.3 Å². The summed E-state index contributed by atoms with van der Waals surface area (Å²) in [6, 6.07) is 10.3. The molecular formula is C18H29N3O. The Kier molecular flexibility index (Phi) is 6.40. The third-order valence-electron chi connectivity index (χ3n) is 4.53. The number of piperidine rings is 1.